The second kappa shape index (κ2) is 6.17. The summed E-state index contributed by atoms with van der Waals surface area (Å²) in [4.78, 5) is 25.4. The van der Waals surface area contributed by atoms with Crippen LogP contribution < -0.4 is 0 Å². The van der Waals surface area contributed by atoms with Crippen LogP contribution >= 0.6 is 51.2 Å². The molecule has 4 nitrogen and oxygen atoms in total. The van der Waals surface area contributed by atoms with Gasteiger partial charge in [-0.15, -0.1) is 11.3 Å². The van der Waals surface area contributed by atoms with Gasteiger partial charge >= 0.3 is 5.97 Å². The molecule has 8 heteroatoms. The molecule has 0 bridgehead atoms. The van der Waals surface area contributed by atoms with Crippen molar-refractivity contribution in [3.05, 3.63) is 25.7 Å². The zero-order chi connectivity index (χ0) is 14.0. The third-order valence-corrected chi connectivity index (χ3v) is 5.24. The molecule has 2 heterocycles. The minimum absolute atomic E-state index is 0.107. The van der Waals surface area contributed by atoms with E-state index in [0.29, 0.717) is 9.23 Å². The fraction of sp³-hybridized carbons (Fsp3) is 0.182. The van der Waals surface area contributed by atoms with Crippen LogP contribution in [0.25, 0.3) is 6.08 Å². The Labute approximate surface area is 131 Å². The van der Waals surface area contributed by atoms with Gasteiger partial charge in [-0.3, -0.25) is 14.5 Å². The largest absolute Gasteiger partial charge is 0.481 e. The van der Waals surface area contributed by atoms with Crippen LogP contribution in [0, 0.1) is 0 Å². The van der Waals surface area contributed by atoms with Gasteiger partial charge in [0.25, 0.3) is 5.91 Å². The van der Waals surface area contributed by atoms with Gasteiger partial charge in [-0.2, -0.15) is 0 Å². The molecule has 1 fully saturated rings. The van der Waals surface area contributed by atoms with E-state index in [0.717, 1.165) is 8.66 Å². The van der Waals surface area contributed by atoms with Gasteiger partial charge in [0.1, 0.15) is 4.32 Å². The summed E-state index contributed by atoms with van der Waals surface area (Å²) in [6, 6.07) is 3.81. The van der Waals surface area contributed by atoms with E-state index in [4.69, 9.17) is 17.3 Å². The summed E-state index contributed by atoms with van der Waals surface area (Å²) >= 11 is 11.2. The molecule has 0 aromatic carbocycles. The molecule has 2 rings (SSSR count). The van der Waals surface area contributed by atoms with Crippen LogP contribution in [-0.2, 0) is 9.59 Å². The third kappa shape index (κ3) is 3.65. The Morgan fingerprint density at radius 3 is 2.84 bits per heavy atom. The maximum atomic E-state index is 12.1. The van der Waals surface area contributed by atoms with Crippen molar-refractivity contribution in [3.8, 4) is 0 Å². The fourth-order valence-corrected chi connectivity index (χ4v) is 4.18. The van der Waals surface area contributed by atoms with Crippen molar-refractivity contribution in [1.29, 1.82) is 0 Å². The Bertz CT molecular complexity index is 581. The van der Waals surface area contributed by atoms with E-state index in [1.54, 1.807) is 6.08 Å². The number of carboxylic acids is 1. The molecule has 0 saturated carbocycles. The highest BCUT2D eigenvalue weighted by Crippen LogP contribution is 2.34. The number of halogens is 1. The molecule has 0 aliphatic carbocycles. The number of hydrogen-bond acceptors (Lipinski definition) is 5. The number of carboxylic acid groups (broad SMARTS) is 1. The molecular weight excluding hydrogens is 370 g/mol. The number of rotatable bonds is 4. The highest BCUT2D eigenvalue weighted by molar-refractivity contribution is 9.11. The van der Waals surface area contributed by atoms with Crippen LogP contribution in [0.1, 0.15) is 11.3 Å². The normalized spacial score (nSPS) is 17.5. The first kappa shape index (κ1) is 14.7. The first-order valence-electron chi connectivity index (χ1n) is 5.20. The molecule has 1 aromatic rings. The third-order valence-electron chi connectivity index (χ3n) is 2.29. The summed E-state index contributed by atoms with van der Waals surface area (Å²) in [5, 5.41) is 8.64. The minimum Gasteiger partial charge on any atom is -0.481 e. The first-order valence-corrected chi connectivity index (χ1v) is 8.03. The summed E-state index contributed by atoms with van der Waals surface area (Å²) < 4.78 is 1.40. The number of carbonyl (C=O) groups is 2. The summed E-state index contributed by atoms with van der Waals surface area (Å²) in [5.41, 5.74) is 0. The molecule has 0 radical (unpaired) electrons. The molecule has 1 N–H and O–H groups in total. The molecule has 0 unspecified atom stereocenters. The molecule has 0 spiro atoms. The molecule has 1 aliphatic rings. The molecule has 1 saturated heterocycles. The Hall–Kier alpha value is -0.700. The molecule has 1 amide bonds. The molecule has 19 heavy (non-hydrogen) atoms. The Kier molecular flexibility index (Phi) is 4.77. The molecule has 1 aliphatic heterocycles. The lowest BCUT2D eigenvalue weighted by Gasteiger charge is -2.12. The van der Waals surface area contributed by atoms with Gasteiger partial charge in [-0.05, 0) is 34.1 Å². The molecular formula is C11H8BrNO3S3. The van der Waals surface area contributed by atoms with Crippen molar-refractivity contribution >= 4 is 73.5 Å². The van der Waals surface area contributed by atoms with E-state index in [1.165, 1.54) is 28.0 Å². The van der Waals surface area contributed by atoms with Crippen molar-refractivity contribution in [2.24, 2.45) is 0 Å². The topological polar surface area (TPSA) is 57.6 Å². The van der Waals surface area contributed by atoms with Gasteiger partial charge in [0, 0.05) is 11.4 Å². The van der Waals surface area contributed by atoms with E-state index in [1.807, 2.05) is 12.1 Å². The number of thioether (sulfide) groups is 1. The summed E-state index contributed by atoms with van der Waals surface area (Å²) in [6.45, 7) is 0.117. The zero-order valence-electron chi connectivity index (χ0n) is 9.46. The summed E-state index contributed by atoms with van der Waals surface area (Å²) in [5.74, 6) is -1.17. The maximum absolute atomic E-state index is 12.1. The van der Waals surface area contributed by atoms with E-state index < -0.39 is 5.97 Å². The predicted molar refractivity (Wildman–Crippen MR) is 84.2 cm³/mol. The highest BCUT2D eigenvalue weighted by Gasteiger charge is 2.32. The minimum atomic E-state index is -0.944. The lowest BCUT2D eigenvalue weighted by Crippen LogP contribution is -2.30. The molecule has 0 atom stereocenters. The van der Waals surface area contributed by atoms with Crippen molar-refractivity contribution in [1.82, 2.24) is 4.90 Å². The predicted octanol–water partition coefficient (Wildman–Crippen LogP) is 3.19. The Morgan fingerprint density at radius 2 is 2.26 bits per heavy atom. The van der Waals surface area contributed by atoms with Crippen molar-refractivity contribution in [3.63, 3.8) is 0 Å². The molecule has 100 valence electrons. The van der Waals surface area contributed by atoms with E-state index in [2.05, 4.69) is 15.9 Å². The second-order valence-corrected chi connectivity index (χ2v) is 7.79. The van der Waals surface area contributed by atoms with Gasteiger partial charge in [-0.1, -0.05) is 24.0 Å². The Balaban J connectivity index is 2.13. The van der Waals surface area contributed by atoms with Crippen LogP contribution in [0.3, 0.4) is 0 Å². The highest BCUT2D eigenvalue weighted by atomic mass is 79.9. The summed E-state index contributed by atoms with van der Waals surface area (Å²) in [6.07, 6.45) is 1.67. The van der Waals surface area contributed by atoms with E-state index in [-0.39, 0.29) is 18.9 Å². The number of carbonyl (C=O) groups excluding carboxylic acids is 1. The van der Waals surface area contributed by atoms with Gasteiger partial charge in [0.05, 0.1) is 15.1 Å². The number of amides is 1. The van der Waals surface area contributed by atoms with Gasteiger partial charge < -0.3 is 5.11 Å². The standard InChI is InChI=1S/C11H8BrNO3S3/c12-8-2-1-6(18-8)5-7-10(16)13(11(17)19-7)4-3-9(14)15/h1-2,5H,3-4H2,(H,14,15)/b7-5+. The van der Waals surface area contributed by atoms with Crippen LogP contribution in [0.2, 0.25) is 0 Å². The van der Waals surface area contributed by atoms with Gasteiger partial charge in [-0.25, -0.2) is 0 Å². The quantitative estimate of drug-likeness (QED) is 0.644. The zero-order valence-corrected chi connectivity index (χ0v) is 13.5. The van der Waals surface area contributed by atoms with Crippen LogP contribution in [-0.4, -0.2) is 32.7 Å². The monoisotopic (exact) mass is 377 g/mol. The molecule has 1 aromatic heterocycles. The Morgan fingerprint density at radius 1 is 1.53 bits per heavy atom. The lowest BCUT2D eigenvalue weighted by molar-refractivity contribution is -0.137. The van der Waals surface area contributed by atoms with Crippen molar-refractivity contribution in [2.75, 3.05) is 6.54 Å². The fourth-order valence-electron chi connectivity index (χ4n) is 1.44. The number of aliphatic carboxylic acids is 1. The second-order valence-electron chi connectivity index (χ2n) is 3.62. The maximum Gasteiger partial charge on any atom is 0.305 e. The smallest absolute Gasteiger partial charge is 0.305 e. The van der Waals surface area contributed by atoms with Crippen LogP contribution in [0.4, 0.5) is 0 Å². The first-order chi connectivity index (χ1) is 8.97. The number of nitrogens with zero attached hydrogens (tertiary/aromatic N) is 1. The number of thiophene rings is 1. The number of hydrogen-bond donors (Lipinski definition) is 1. The van der Waals surface area contributed by atoms with Crippen LogP contribution in [0.5, 0.6) is 0 Å². The SMILES string of the molecule is O=C(O)CCN1C(=O)/C(=C\c2ccc(Br)s2)SC1=S. The van der Waals surface area contributed by atoms with Crippen LogP contribution in [0.15, 0.2) is 20.8 Å². The lowest BCUT2D eigenvalue weighted by atomic mass is 10.3. The van der Waals surface area contributed by atoms with Crippen molar-refractivity contribution < 1.29 is 14.7 Å². The average Bonchev–Trinajstić information content (AvgIpc) is 2.83. The van der Waals surface area contributed by atoms with Crippen molar-refractivity contribution in [2.45, 2.75) is 6.42 Å². The summed E-state index contributed by atoms with van der Waals surface area (Å²) in [7, 11) is 0. The van der Waals surface area contributed by atoms with E-state index >= 15 is 0 Å². The van der Waals surface area contributed by atoms with E-state index in [9.17, 15) is 9.59 Å². The number of thiocarbonyl (C=S) groups is 1. The van der Waals surface area contributed by atoms with Gasteiger partial charge in [0.2, 0.25) is 0 Å². The average molecular weight is 378 g/mol. The van der Waals surface area contributed by atoms with Gasteiger partial charge in [0.15, 0.2) is 0 Å².